The number of nitrogen functional groups attached to an aromatic ring is 1. The Morgan fingerprint density at radius 3 is 2.50 bits per heavy atom. The second-order valence-corrected chi connectivity index (χ2v) is 5.07. The number of likely N-dealkylation sites (tertiary alicyclic amines) is 1. The maximum Gasteiger partial charge on any atom is 0.146 e. The number of benzene rings is 1. The summed E-state index contributed by atoms with van der Waals surface area (Å²) >= 11 is 0. The van der Waals surface area contributed by atoms with Crippen LogP contribution in [0.1, 0.15) is 17.7 Å². The number of hydrogen-bond acceptors (Lipinski definition) is 5. The molecule has 0 aliphatic carbocycles. The van der Waals surface area contributed by atoms with E-state index in [1.54, 1.807) is 12.4 Å². The molecule has 0 amide bonds. The average Bonchev–Trinajstić information content (AvgIpc) is 2.43. The average molecular weight is 269 g/mol. The Morgan fingerprint density at radius 1 is 1.10 bits per heavy atom. The number of nitrogens with zero attached hydrogens (tertiary/aromatic N) is 3. The first-order valence-corrected chi connectivity index (χ1v) is 6.92. The number of nitrogens with one attached hydrogen (secondary N) is 1. The molecule has 20 heavy (non-hydrogen) atoms. The molecule has 0 saturated carbocycles. The molecule has 1 aliphatic rings. The van der Waals surface area contributed by atoms with Gasteiger partial charge in [-0.05, 0) is 37.2 Å². The summed E-state index contributed by atoms with van der Waals surface area (Å²) in [6.07, 6.45) is 4.59. The molecule has 2 heterocycles. The Labute approximate surface area is 118 Å². The van der Waals surface area contributed by atoms with E-state index in [1.807, 2.05) is 0 Å². The van der Waals surface area contributed by atoms with Crippen LogP contribution in [-0.2, 0) is 13.1 Å². The van der Waals surface area contributed by atoms with Gasteiger partial charge in [0.15, 0.2) is 0 Å². The number of rotatable bonds is 5. The summed E-state index contributed by atoms with van der Waals surface area (Å²) in [4.78, 5) is 10.7. The molecular formula is C15H19N5. The highest BCUT2D eigenvalue weighted by Crippen LogP contribution is 2.16. The SMILES string of the molecule is Nc1nccnc1CNc1ccc(CN2CCC2)cc1. The van der Waals surface area contributed by atoms with E-state index in [0.29, 0.717) is 12.4 Å². The zero-order valence-electron chi connectivity index (χ0n) is 11.4. The van der Waals surface area contributed by atoms with Crippen LogP contribution >= 0.6 is 0 Å². The van der Waals surface area contributed by atoms with E-state index < -0.39 is 0 Å². The van der Waals surface area contributed by atoms with Crippen molar-refractivity contribution in [1.29, 1.82) is 0 Å². The third kappa shape index (κ3) is 3.05. The molecule has 3 N–H and O–H groups in total. The molecule has 1 saturated heterocycles. The van der Waals surface area contributed by atoms with Gasteiger partial charge in [0.25, 0.3) is 0 Å². The summed E-state index contributed by atoms with van der Waals surface area (Å²) in [7, 11) is 0. The van der Waals surface area contributed by atoms with Crippen molar-refractivity contribution < 1.29 is 0 Å². The second-order valence-electron chi connectivity index (χ2n) is 5.07. The van der Waals surface area contributed by atoms with Gasteiger partial charge in [0.05, 0.1) is 6.54 Å². The van der Waals surface area contributed by atoms with E-state index in [2.05, 4.69) is 44.5 Å². The highest BCUT2D eigenvalue weighted by atomic mass is 15.2. The van der Waals surface area contributed by atoms with Gasteiger partial charge >= 0.3 is 0 Å². The standard InChI is InChI=1S/C15H19N5/c16-15-14(17-6-7-18-15)10-19-13-4-2-12(3-5-13)11-20-8-1-9-20/h2-7,19H,1,8-11H2,(H2,16,18). The second kappa shape index (κ2) is 5.88. The molecule has 1 aromatic carbocycles. The highest BCUT2D eigenvalue weighted by Gasteiger charge is 2.13. The van der Waals surface area contributed by atoms with Crippen LogP contribution in [0.25, 0.3) is 0 Å². The zero-order valence-corrected chi connectivity index (χ0v) is 11.4. The van der Waals surface area contributed by atoms with Gasteiger partial charge < -0.3 is 11.1 Å². The number of hydrogen-bond donors (Lipinski definition) is 2. The van der Waals surface area contributed by atoms with Gasteiger partial charge in [0.2, 0.25) is 0 Å². The van der Waals surface area contributed by atoms with Crippen LogP contribution in [0, 0.1) is 0 Å². The van der Waals surface area contributed by atoms with Crippen LogP contribution in [0.4, 0.5) is 11.5 Å². The maximum atomic E-state index is 5.77. The molecule has 2 aromatic rings. The van der Waals surface area contributed by atoms with Gasteiger partial charge in [0.1, 0.15) is 11.5 Å². The molecule has 0 spiro atoms. The van der Waals surface area contributed by atoms with Gasteiger partial charge in [-0.1, -0.05) is 12.1 Å². The fraction of sp³-hybridized carbons (Fsp3) is 0.333. The van der Waals surface area contributed by atoms with Crippen LogP contribution in [-0.4, -0.2) is 28.0 Å². The van der Waals surface area contributed by atoms with Crippen LogP contribution < -0.4 is 11.1 Å². The van der Waals surface area contributed by atoms with Crippen LogP contribution in [0.2, 0.25) is 0 Å². The van der Waals surface area contributed by atoms with E-state index in [4.69, 9.17) is 5.73 Å². The molecule has 0 atom stereocenters. The Hall–Kier alpha value is -2.14. The Morgan fingerprint density at radius 2 is 1.85 bits per heavy atom. The molecule has 104 valence electrons. The van der Waals surface area contributed by atoms with Crippen molar-refractivity contribution in [3.8, 4) is 0 Å². The summed E-state index contributed by atoms with van der Waals surface area (Å²) in [6.45, 7) is 4.10. The lowest BCUT2D eigenvalue weighted by molar-refractivity contribution is 0.172. The summed E-state index contributed by atoms with van der Waals surface area (Å²) in [5.41, 5.74) is 8.97. The molecule has 0 radical (unpaired) electrons. The Kier molecular flexibility index (Phi) is 3.78. The minimum absolute atomic E-state index is 0.481. The van der Waals surface area contributed by atoms with Gasteiger partial charge in [-0.25, -0.2) is 4.98 Å². The molecular weight excluding hydrogens is 250 g/mol. The molecule has 1 aromatic heterocycles. The lowest BCUT2D eigenvalue weighted by atomic mass is 10.1. The van der Waals surface area contributed by atoms with Crippen LogP contribution in [0.3, 0.4) is 0 Å². The third-order valence-corrected chi connectivity index (χ3v) is 3.58. The summed E-state index contributed by atoms with van der Waals surface area (Å²) < 4.78 is 0. The summed E-state index contributed by atoms with van der Waals surface area (Å²) in [5, 5.41) is 3.31. The molecule has 5 nitrogen and oxygen atoms in total. The normalized spacial score (nSPS) is 14.8. The van der Waals surface area contributed by atoms with Crippen LogP contribution in [0.5, 0.6) is 0 Å². The molecule has 1 fully saturated rings. The van der Waals surface area contributed by atoms with Crippen molar-refractivity contribution in [2.24, 2.45) is 0 Å². The van der Waals surface area contributed by atoms with Crippen molar-refractivity contribution in [2.75, 3.05) is 24.1 Å². The van der Waals surface area contributed by atoms with Gasteiger partial charge in [-0.15, -0.1) is 0 Å². The number of aromatic nitrogens is 2. The van der Waals surface area contributed by atoms with E-state index >= 15 is 0 Å². The fourth-order valence-electron chi connectivity index (χ4n) is 2.23. The highest BCUT2D eigenvalue weighted by molar-refractivity contribution is 5.46. The monoisotopic (exact) mass is 269 g/mol. The maximum absolute atomic E-state index is 5.77. The van der Waals surface area contributed by atoms with Crippen molar-refractivity contribution in [1.82, 2.24) is 14.9 Å². The fourth-order valence-corrected chi connectivity index (χ4v) is 2.23. The molecule has 5 heteroatoms. The first kappa shape index (κ1) is 12.9. The van der Waals surface area contributed by atoms with Gasteiger partial charge in [0, 0.05) is 24.6 Å². The molecule has 0 bridgehead atoms. The van der Waals surface area contributed by atoms with Crippen molar-refractivity contribution in [2.45, 2.75) is 19.5 Å². The molecule has 0 unspecified atom stereocenters. The van der Waals surface area contributed by atoms with E-state index in [-0.39, 0.29) is 0 Å². The van der Waals surface area contributed by atoms with Crippen molar-refractivity contribution in [3.05, 3.63) is 47.9 Å². The third-order valence-electron chi connectivity index (χ3n) is 3.58. The Bertz CT molecular complexity index is 563. The smallest absolute Gasteiger partial charge is 0.146 e. The van der Waals surface area contributed by atoms with Gasteiger partial charge in [-0.2, -0.15) is 0 Å². The minimum Gasteiger partial charge on any atom is -0.382 e. The van der Waals surface area contributed by atoms with Crippen molar-refractivity contribution in [3.63, 3.8) is 0 Å². The predicted molar refractivity (Wildman–Crippen MR) is 80.1 cm³/mol. The predicted octanol–water partition coefficient (Wildman–Crippen LogP) is 1.88. The van der Waals surface area contributed by atoms with E-state index in [0.717, 1.165) is 17.9 Å². The number of nitrogens with two attached hydrogens (primary N) is 1. The topological polar surface area (TPSA) is 67.1 Å². The minimum atomic E-state index is 0.481. The lowest BCUT2D eigenvalue weighted by Gasteiger charge is -2.30. The summed E-state index contributed by atoms with van der Waals surface area (Å²) in [5.74, 6) is 0.481. The molecule has 1 aliphatic heterocycles. The zero-order chi connectivity index (χ0) is 13.8. The lowest BCUT2D eigenvalue weighted by Crippen LogP contribution is -2.36. The largest absolute Gasteiger partial charge is 0.382 e. The van der Waals surface area contributed by atoms with Gasteiger partial charge in [-0.3, -0.25) is 9.88 Å². The Balaban J connectivity index is 1.56. The van der Waals surface area contributed by atoms with Crippen LogP contribution in [0.15, 0.2) is 36.7 Å². The van der Waals surface area contributed by atoms with Crippen molar-refractivity contribution >= 4 is 11.5 Å². The first-order chi connectivity index (χ1) is 9.81. The van der Waals surface area contributed by atoms with E-state index in [9.17, 15) is 0 Å². The summed E-state index contributed by atoms with van der Waals surface area (Å²) in [6, 6.07) is 8.53. The van der Waals surface area contributed by atoms with E-state index in [1.165, 1.54) is 25.1 Å². The quantitative estimate of drug-likeness (QED) is 0.867. The number of anilines is 2. The first-order valence-electron chi connectivity index (χ1n) is 6.92. The molecule has 3 rings (SSSR count).